The fourth-order valence-electron chi connectivity index (χ4n) is 1.67. The Balaban J connectivity index is 2.10. The van der Waals surface area contributed by atoms with Crippen LogP contribution in [0.2, 0.25) is 0 Å². The second-order valence-corrected chi connectivity index (χ2v) is 5.54. The number of aryl methyl sites for hydroxylation is 1. The Hall–Kier alpha value is -1.26. The molecule has 0 saturated carbocycles. The van der Waals surface area contributed by atoms with Crippen LogP contribution in [0.4, 0.5) is 0 Å². The molecule has 0 aliphatic rings. The number of esters is 1. The van der Waals surface area contributed by atoms with Gasteiger partial charge in [-0.2, -0.15) is 0 Å². The molecular formula is C15H13BrO2S. The number of hydrogen-bond donors (Lipinski definition) is 1. The van der Waals surface area contributed by atoms with Gasteiger partial charge >= 0.3 is 5.97 Å². The summed E-state index contributed by atoms with van der Waals surface area (Å²) in [6.45, 7) is 2.12. The van der Waals surface area contributed by atoms with Crippen molar-refractivity contribution < 1.29 is 9.53 Å². The topological polar surface area (TPSA) is 26.3 Å². The van der Waals surface area contributed by atoms with E-state index in [0.29, 0.717) is 5.56 Å². The third kappa shape index (κ3) is 3.61. The predicted molar refractivity (Wildman–Crippen MR) is 81.7 cm³/mol. The van der Waals surface area contributed by atoms with Gasteiger partial charge in [-0.3, -0.25) is 0 Å². The molecule has 0 aromatic heterocycles. The maximum atomic E-state index is 12.0. The molecular weight excluding hydrogens is 324 g/mol. The van der Waals surface area contributed by atoms with Crippen LogP contribution in [0.25, 0.3) is 0 Å². The smallest absolute Gasteiger partial charge is 0.338 e. The first-order valence-electron chi connectivity index (χ1n) is 5.78. The van der Waals surface area contributed by atoms with Crippen molar-refractivity contribution in [2.24, 2.45) is 0 Å². The molecule has 0 atom stereocenters. The van der Waals surface area contributed by atoms with E-state index in [1.807, 2.05) is 43.3 Å². The molecule has 0 unspecified atom stereocenters. The van der Waals surface area contributed by atoms with Crippen LogP contribution >= 0.6 is 28.6 Å². The first-order valence-corrected chi connectivity index (χ1v) is 7.02. The van der Waals surface area contributed by atoms with Crippen LogP contribution in [-0.4, -0.2) is 5.97 Å². The van der Waals surface area contributed by atoms with Gasteiger partial charge in [0.05, 0.1) is 5.56 Å². The number of thiol groups is 1. The molecule has 4 heteroatoms. The third-order valence-electron chi connectivity index (χ3n) is 2.76. The molecule has 0 aliphatic carbocycles. The summed E-state index contributed by atoms with van der Waals surface area (Å²) in [5.41, 5.74) is 2.38. The van der Waals surface area contributed by atoms with Crippen molar-refractivity contribution in [3.8, 4) is 0 Å². The van der Waals surface area contributed by atoms with Gasteiger partial charge in [0, 0.05) is 14.9 Å². The SMILES string of the molecule is Cc1ccc(S)cc1C(=O)OCc1ccccc1Br. The number of ether oxygens (including phenoxy) is 1. The number of carbonyl (C=O) groups excluding carboxylic acids is 1. The van der Waals surface area contributed by atoms with E-state index < -0.39 is 0 Å². The molecule has 2 aromatic rings. The van der Waals surface area contributed by atoms with E-state index in [0.717, 1.165) is 20.5 Å². The van der Waals surface area contributed by atoms with Gasteiger partial charge < -0.3 is 4.74 Å². The normalized spacial score (nSPS) is 10.3. The van der Waals surface area contributed by atoms with E-state index in [1.54, 1.807) is 6.07 Å². The summed E-state index contributed by atoms with van der Waals surface area (Å²) in [5, 5.41) is 0. The lowest BCUT2D eigenvalue weighted by Gasteiger charge is -2.09. The van der Waals surface area contributed by atoms with Gasteiger partial charge in [0.1, 0.15) is 6.61 Å². The summed E-state index contributed by atoms with van der Waals surface area (Å²) in [6.07, 6.45) is 0. The molecule has 0 N–H and O–H groups in total. The highest BCUT2D eigenvalue weighted by Gasteiger charge is 2.11. The van der Waals surface area contributed by atoms with Gasteiger partial charge in [-0.1, -0.05) is 40.2 Å². The largest absolute Gasteiger partial charge is 0.457 e. The highest BCUT2D eigenvalue weighted by atomic mass is 79.9. The van der Waals surface area contributed by atoms with Gasteiger partial charge in [-0.05, 0) is 30.7 Å². The summed E-state index contributed by atoms with van der Waals surface area (Å²) in [5.74, 6) is -0.329. The van der Waals surface area contributed by atoms with E-state index >= 15 is 0 Å². The Labute approximate surface area is 126 Å². The molecule has 0 amide bonds. The van der Waals surface area contributed by atoms with Gasteiger partial charge in [-0.15, -0.1) is 12.6 Å². The minimum atomic E-state index is -0.329. The zero-order valence-electron chi connectivity index (χ0n) is 10.4. The molecule has 19 heavy (non-hydrogen) atoms. The first-order chi connectivity index (χ1) is 9.08. The van der Waals surface area contributed by atoms with Crippen LogP contribution in [0.5, 0.6) is 0 Å². The van der Waals surface area contributed by atoms with Gasteiger partial charge in [-0.25, -0.2) is 4.79 Å². The van der Waals surface area contributed by atoms with Gasteiger partial charge in [0.2, 0.25) is 0 Å². The molecule has 2 aromatic carbocycles. The molecule has 0 saturated heterocycles. The standard InChI is InChI=1S/C15H13BrO2S/c1-10-6-7-12(19)8-13(10)15(17)18-9-11-4-2-3-5-14(11)16/h2-8,19H,9H2,1H3. The minimum absolute atomic E-state index is 0.247. The minimum Gasteiger partial charge on any atom is -0.457 e. The van der Waals surface area contributed by atoms with E-state index in [-0.39, 0.29) is 12.6 Å². The maximum Gasteiger partial charge on any atom is 0.338 e. The summed E-state index contributed by atoms with van der Waals surface area (Å²) >= 11 is 7.66. The zero-order valence-corrected chi connectivity index (χ0v) is 12.9. The van der Waals surface area contributed by atoms with Gasteiger partial charge in [0.25, 0.3) is 0 Å². The molecule has 0 aliphatic heterocycles. The molecule has 0 radical (unpaired) electrons. The van der Waals surface area contributed by atoms with Gasteiger partial charge in [0.15, 0.2) is 0 Å². The first kappa shape index (κ1) is 14.2. The molecule has 2 rings (SSSR count). The lowest BCUT2D eigenvalue weighted by atomic mass is 10.1. The molecule has 0 bridgehead atoms. The van der Waals surface area contributed by atoms with Crippen LogP contribution in [0.1, 0.15) is 21.5 Å². The Morgan fingerprint density at radius 3 is 2.74 bits per heavy atom. The number of hydrogen-bond acceptors (Lipinski definition) is 3. The number of benzene rings is 2. The monoisotopic (exact) mass is 336 g/mol. The molecule has 0 spiro atoms. The van der Waals surface area contributed by atoms with Crippen molar-refractivity contribution >= 4 is 34.5 Å². The predicted octanol–water partition coefficient (Wildman–Crippen LogP) is 4.40. The van der Waals surface area contributed by atoms with Crippen molar-refractivity contribution in [3.05, 3.63) is 63.6 Å². The second kappa shape index (κ2) is 6.26. The van der Waals surface area contributed by atoms with Crippen LogP contribution in [0.3, 0.4) is 0 Å². The summed E-state index contributed by atoms with van der Waals surface area (Å²) < 4.78 is 6.26. The van der Waals surface area contributed by atoms with E-state index in [9.17, 15) is 4.79 Å². The average Bonchev–Trinajstić information content (AvgIpc) is 2.40. The Bertz CT molecular complexity index is 611. The molecule has 2 nitrogen and oxygen atoms in total. The Morgan fingerprint density at radius 1 is 1.26 bits per heavy atom. The molecule has 0 fully saturated rings. The van der Waals surface area contributed by atoms with E-state index in [2.05, 4.69) is 28.6 Å². The van der Waals surface area contributed by atoms with E-state index in [4.69, 9.17) is 4.74 Å². The quantitative estimate of drug-likeness (QED) is 0.664. The number of rotatable bonds is 3. The lowest BCUT2D eigenvalue weighted by molar-refractivity contribution is 0.0471. The highest BCUT2D eigenvalue weighted by molar-refractivity contribution is 9.10. The van der Waals surface area contributed by atoms with Crippen LogP contribution < -0.4 is 0 Å². The average molecular weight is 337 g/mol. The van der Waals surface area contributed by atoms with Crippen LogP contribution in [-0.2, 0) is 11.3 Å². The highest BCUT2D eigenvalue weighted by Crippen LogP contribution is 2.19. The number of carbonyl (C=O) groups is 1. The van der Waals surface area contributed by atoms with Crippen molar-refractivity contribution in [3.63, 3.8) is 0 Å². The zero-order chi connectivity index (χ0) is 13.8. The van der Waals surface area contributed by atoms with Crippen molar-refractivity contribution in [1.29, 1.82) is 0 Å². The second-order valence-electron chi connectivity index (χ2n) is 4.17. The van der Waals surface area contributed by atoms with Crippen molar-refractivity contribution in [2.75, 3.05) is 0 Å². The summed E-state index contributed by atoms with van der Waals surface area (Å²) in [6, 6.07) is 13.1. The fraction of sp³-hybridized carbons (Fsp3) is 0.133. The van der Waals surface area contributed by atoms with E-state index in [1.165, 1.54) is 0 Å². The Kier molecular flexibility index (Phi) is 4.66. The number of halogens is 1. The fourth-order valence-corrected chi connectivity index (χ4v) is 2.27. The third-order valence-corrected chi connectivity index (χ3v) is 3.81. The Morgan fingerprint density at radius 2 is 2.00 bits per heavy atom. The maximum absolute atomic E-state index is 12.0. The summed E-state index contributed by atoms with van der Waals surface area (Å²) in [7, 11) is 0. The van der Waals surface area contributed by atoms with Crippen molar-refractivity contribution in [2.45, 2.75) is 18.4 Å². The van der Waals surface area contributed by atoms with Crippen molar-refractivity contribution in [1.82, 2.24) is 0 Å². The van der Waals surface area contributed by atoms with Crippen LogP contribution in [0.15, 0.2) is 51.8 Å². The molecule has 98 valence electrons. The van der Waals surface area contributed by atoms with Crippen LogP contribution in [0, 0.1) is 6.92 Å². The summed E-state index contributed by atoms with van der Waals surface area (Å²) in [4.78, 5) is 12.8. The molecule has 0 heterocycles. The lowest BCUT2D eigenvalue weighted by Crippen LogP contribution is -2.07.